The number of nitrogens with one attached hydrogen (secondary N) is 2. The summed E-state index contributed by atoms with van der Waals surface area (Å²) in [7, 11) is 1.63. The molecule has 3 rings (SSSR count). The van der Waals surface area contributed by atoms with E-state index in [0.717, 1.165) is 17.1 Å². The molecule has 0 saturated carbocycles. The largest absolute Gasteiger partial charge is 0.497 e. The zero-order valence-electron chi connectivity index (χ0n) is 12.9. The van der Waals surface area contributed by atoms with E-state index in [1.165, 1.54) is 5.56 Å². The Morgan fingerprint density at radius 1 is 0.957 bits per heavy atom. The van der Waals surface area contributed by atoms with Gasteiger partial charge in [-0.3, -0.25) is 0 Å². The van der Waals surface area contributed by atoms with Crippen LogP contribution in [0.15, 0.2) is 54.7 Å². The van der Waals surface area contributed by atoms with Crippen LogP contribution in [0, 0.1) is 6.92 Å². The lowest BCUT2D eigenvalue weighted by molar-refractivity contribution is 0.415. The SMILES string of the molecule is COc1ccc(Nc2nncc(Nc3cccc(C)c3)n2)cc1. The minimum Gasteiger partial charge on any atom is -0.497 e. The third-order valence-corrected chi connectivity index (χ3v) is 3.20. The highest BCUT2D eigenvalue weighted by atomic mass is 16.5. The molecule has 0 fully saturated rings. The monoisotopic (exact) mass is 307 g/mol. The molecule has 6 nitrogen and oxygen atoms in total. The number of rotatable bonds is 5. The summed E-state index contributed by atoms with van der Waals surface area (Å²) in [5, 5.41) is 14.3. The number of aryl methyl sites for hydroxylation is 1. The summed E-state index contributed by atoms with van der Waals surface area (Å²) >= 11 is 0. The molecule has 0 aliphatic rings. The Balaban J connectivity index is 1.74. The fourth-order valence-electron chi connectivity index (χ4n) is 2.09. The summed E-state index contributed by atoms with van der Waals surface area (Å²) in [6, 6.07) is 15.6. The molecule has 0 radical (unpaired) electrons. The third-order valence-electron chi connectivity index (χ3n) is 3.20. The van der Waals surface area contributed by atoms with Gasteiger partial charge in [0.1, 0.15) is 5.75 Å². The summed E-state index contributed by atoms with van der Waals surface area (Å²) < 4.78 is 5.13. The summed E-state index contributed by atoms with van der Waals surface area (Å²) in [4.78, 5) is 4.41. The van der Waals surface area contributed by atoms with Crippen molar-refractivity contribution in [3.05, 3.63) is 60.3 Å². The zero-order chi connectivity index (χ0) is 16.1. The van der Waals surface area contributed by atoms with Crippen molar-refractivity contribution in [3.63, 3.8) is 0 Å². The summed E-state index contributed by atoms with van der Waals surface area (Å²) in [5.74, 6) is 1.85. The lowest BCUT2D eigenvalue weighted by Gasteiger charge is -2.08. The van der Waals surface area contributed by atoms with Gasteiger partial charge in [-0.05, 0) is 48.9 Å². The zero-order valence-corrected chi connectivity index (χ0v) is 12.9. The third kappa shape index (κ3) is 3.94. The Kier molecular flexibility index (Phi) is 4.33. The van der Waals surface area contributed by atoms with Crippen LogP contribution in [0.1, 0.15) is 5.56 Å². The number of hydrogen-bond acceptors (Lipinski definition) is 6. The van der Waals surface area contributed by atoms with Gasteiger partial charge in [0.25, 0.3) is 0 Å². The van der Waals surface area contributed by atoms with E-state index >= 15 is 0 Å². The molecule has 116 valence electrons. The van der Waals surface area contributed by atoms with Crippen molar-refractivity contribution in [1.82, 2.24) is 15.2 Å². The first-order valence-electron chi connectivity index (χ1n) is 7.17. The standard InChI is InChI=1S/C17H17N5O/c1-12-4-3-5-14(10-12)19-16-11-18-22-17(21-16)20-13-6-8-15(23-2)9-7-13/h3-11H,1-2H3,(H2,19,20,21,22). The smallest absolute Gasteiger partial charge is 0.249 e. The lowest BCUT2D eigenvalue weighted by Crippen LogP contribution is -2.02. The predicted molar refractivity (Wildman–Crippen MR) is 90.6 cm³/mol. The number of nitrogens with zero attached hydrogens (tertiary/aromatic N) is 3. The van der Waals surface area contributed by atoms with Crippen LogP contribution >= 0.6 is 0 Å². The van der Waals surface area contributed by atoms with Crippen LogP contribution in [0.5, 0.6) is 5.75 Å². The van der Waals surface area contributed by atoms with Crippen LogP contribution < -0.4 is 15.4 Å². The molecule has 3 aromatic rings. The number of aromatic nitrogens is 3. The molecule has 1 heterocycles. The lowest BCUT2D eigenvalue weighted by atomic mass is 10.2. The van der Waals surface area contributed by atoms with Crippen LogP contribution in [-0.4, -0.2) is 22.3 Å². The van der Waals surface area contributed by atoms with Gasteiger partial charge in [0.15, 0.2) is 5.82 Å². The molecular weight excluding hydrogens is 290 g/mol. The van der Waals surface area contributed by atoms with Gasteiger partial charge < -0.3 is 15.4 Å². The van der Waals surface area contributed by atoms with Gasteiger partial charge in [0.05, 0.1) is 13.3 Å². The molecule has 2 N–H and O–H groups in total. The highest BCUT2D eigenvalue weighted by Gasteiger charge is 2.02. The number of benzene rings is 2. The van der Waals surface area contributed by atoms with E-state index in [9.17, 15) is 0 Å². The molecule has 0 aliphatic heterocycles. The second-order valence-electron chi connectivity index (χ2n) is 5.01. The van der Waals surface area contributed by atoms with Gasteiger partial charge in [-0.15, -0.1) is 5.10 Å². The van der Waals surface area contributed by atoms with E-state index in [0.29, 0.717) is 11.8 Å². The van der Waals surface area contributed by atoms with E-state index in [4.69, 9.17) is 4.74 Å². The molecule has 0 atom stereocenters. The highest BCUT2D eigenvalue weighted by Crippen LogP contribution is 2.19. The Morgan fingerprint density at radius 2 is 1.78 bits per heavy atom. The maximum Gasteiger partial charge on any atom is 0.249 e. The Hall–Kier alpha value is -3.15. The van der Waals surface area contributed by atoms with Gasteiger partial charge in [0, 0.05) is 11.4 Å². The summed E-state index contributed by atoms with van der Waals surface area (Å²) in [6.07, 6.45) is 1.58. The predicted octanol–water partition coefficient (Wildman–Crippen LogP) is 3.68. The van der Waals surface area contributed by atoms with Crippen LogP contribution in [0.4, 0.5) is 23.1 Å². The van der Waals surface area contributed by atoms with E-state index < -0.39 is 0 Å². The van der Waals surface area contributed by atoms with Gasteiger partial charge in [-0.1, -0.05) is 12.1 Å². The normalized spacial score (nSPS) is 10.2. The summed E-state index contributed by atoms with van der Waals surface area (Å²) in [5.41, 5.74) is 3.00. The molecule has 0 bridgehead atoms. The minimum atomic E-state index is 0.424. The average Bonchev–Trinajstić information content (AvgIpc) is 2.56. The second kappa shape index (κ2) is 6.74. The van der Waals surface area contributed by atoms with Crippen molar-refractivity contribution in [2.75, 3.05) is 17.7 Å². The summed E-state index contributed by atoms with van der Waals surface area (Å²) in [6.45, 7) is 2.04. The highest BCUT2D eigenvalue weighted by molar-refractivity contribution is 5.59. The topological polar surface area (TPSA) is 72.0 Å². The van der Waals surface area contributed by atoms with E-state index in [2.05, 4.69) is 25.8 Å². The molecule has 1 aromatic heterocycles. The van der Waals surface area contributed by atoms with E-state index in [-0.39, 0.29) is 0 Å². The molecule has 2 aromatic carbocycles. The maximum absolute atomic E-state index is 5.13. The van der Waals surface area contributed by atoms with Crippen LogP contribution in [0.3, 0.4) is 0 Å². The van der Waals surface area contributed by atoms with Crippen molar-refractivity contribution in [2.24, 2.45) is 0 Å². The molecule has 0 amide bonds. The minimum absolute atomic E-state index is 0.424. The van der Waals surface area contributed by atoms with Crippen molar-refractivity contribution in [2.45, 2.75) is 6.92 Å². The van der Waals surface area contributed by atoms with Crippen LogP contribution in [0.25, 0.3) is 0 Å². The fraction of sp³-hybridized carbons (Fsp3) is 0.118. The molecule has 23 heavy (non-hydrogen) atoms. The van der Waals surface area contributed by atoms with E-state index in [1.54, 1.807) is 13.3 Å². The number of anilines is 4. The van der Waals surface area contributed by atoms with Gasteiger partial charge in [-0.25, -0.2) is 0 Å². The molecule has 0 spiro atoms. The fourth-order valence-corrected chi connectivity index (χ4v) is 2.09. The number of methoxy groups -OCH3 is 1. The Morgan fingerprint density at radius 3 is 2.52 bits per heavy atom. The van der Waals surface area contributed by atoms with Gasteiger partial charge in [-0.2, -0.15) is 10.1 Å². The molecule has 0 saturated heterocycles. The van der Waals surface area contributed by atoms with Crippen LogP contribution in [0.2, 0.25) is 0 Å². The number of hydrogen-bond donors (Lipinski definition) is 2. The Labute approximate surface area is 134 Å². The first-order chi connectivity index (χ1) is 11.2. The van der Waals surface area contributed by atoms with Crippen molar-refractivity contribution < 1.29 is 4.74 Å². The molecule has 6 heteroatoms. The molecular formula is C17H17N5O. The van der Waals surface area contributed by atoms with E-state index in [1.807, 2.05) is 55.5 Å². The maximum atomic E-state index is 5.13. The first-order valence-corrected chi connectivity index (χ1v) is 7.17. The van der Waals surface area contributed by atoms with Gasteiger partial charge >= 0.3 is 0 Å². The first kappa shape index (κ1) is 14.8. The van der Waals surface area contributed by atoms with Crippen LogP contribution in [-0.2, 0) is 0 Å². The van der Waals surface area contributed by atoms with Gasteiger partial charge in [0.2, 0.25) is 5.95 Å². The van der Waals surface area contributed by atoms with Crippen molar-refractivity contribution >= 4 is 23.1 Å². The van der Waals surface area contributed by atoms with Crippen molar-refractivity contribution in [3.8, 4) is 5.75 Å². The molecule has 0 aliphatic carbocycles. The number of ether oxygens (including phenoxy) is 1. The molecule has 0 unspecified atom stereocenters. The Bertz CT molecular complexity index is 789. The van der Waals surface area contributed by atoms with Crippen molar-refractivity contribution in [1.29, 1.82) is 0 Å². The second-order valence-corrected chi connectivity index (χ2v) is 5.01. The quantitative estimate of drug-likeness (QED) is 0.749. The average molecular weight is 307 g/mol.